The van der Waals surface area contributed by atoms with Gasteiger partial charge >= 0.3 is 0 Å². The smallest absolute Gasteiger partial charge is 0.0462 e. The molecule has 4 rings (SSSR count). The van der Waals surface area contributed by atoms with Crippen molar-refractivity contribution in [3.8, 4) is 0 Å². The Morgan fingerprint density at radius 2 is 1.11 bits per heavy atom. The fourth-order valence-electron chi connectivity index (χ4n) is 3.13. The Kier molecular flexibility index (Phi) is 5.41. The number of hydrogen-bond acceptors (Lipinski definition) is 2. The molecular formula is C26H23NS. The normalized spacial score (nSPS) is 11.1. The number of anilines is 3. The van der Waals surface area contributed by atoms with E-state index in [0.717, 1.165) is 17.1 Å². The van der Waals surface area contributed by atoms with Gasteiger partial charge in [0.25, 0.3) is 0 Å². The molecule has 0 amide bonds. The summed E-state index contributed by atoms with van der Waals surface area (Å²) in [6.07, 6.45) is 4.33. The van der Waals surface area contributed by atoms with Crippen molar-refractivity contribution in [2.45, 2.75) is 13.8 Å². The maximum absolute atomic E-state index is 2.30. The highest BCUT2D eigenvalue weighted by molar-refractivity contribution is 7.10. The first-order valence-corrected chi connectivity index (χ1v) is 10.3. The second kappa shape index (κ2) is 8.28. The fraction of sp³-hybridized carbons (Fsp3) is 0.0769. The molecule has 0 saturated heterocycles. The van der Waals surface area contributed by atoms with Crippen LogP contribution >= 0.6 is 11.3 Å². The summed E-state index contributed by atoms with van der Waals surface area (Å²) in [4.78, 5) is 3.57. The molecule has 1 aromatic heterocycles. The summed E-state index contributed by atoms with van der Waals surface area (Å²) in [5, 5.41) is 2.10. The number of nitrogens with zero attached hydrogens (tertiary/aromatic N) is 1. The highest BCUT2D eigenvalue weighted by Crippen LogP contribution is 2.34. The van der Waals surface area contributed by atoms with E-state index in [9.17, 15) is 0 Å². The van der Waals surface area contributed by atoms with Gasteiger partial charge in [0.05, 0.1) is 0 Å². The van der Waals surface area contributed by atoms with Crippen molar-refractivity contribution in [3.05, 3.63) is 112 Å². The van der Waals surface area contributed by atoms with E-state index in [0.29, 0.717) is 0 Å². The van der Waals surface area contributed by atoms with Crippen molar-refractivity contribution in [2.24, 2.45) is 0 Å². The van der Waals surface area contributed by atoms with Gasteiger partial charge in [0.15, 0.2) is 0 Å². The first kappa shape index (κ1) is 18.3. The van der Waals surface area contributed by atoms with Gasteiger partial charge < -0.3 is 4.90 Å². The third kappa shape index (κ3) is 4.24. The van der Waals surface area contributed by atoms with Crippen molar-refractivity contribution >= 4 is 40.6 Å². The summed E-state index contributed by atoms with van der Waals surface area (Å²) in [7, 11) is 0. The quantitative estimate of drug-likeness (QED) is 0.338. The molecule has 0 aliphatic rings. The molecule has 0 aliphatic carbocycles. The summed E-state index contributed by atoms with van der Waals surface area (Å²) in [5.41, 5.74) is 7.21. The van der Waals surface area contributed by atoms with Gasteiger partial charge in [-0.2, -0.15) is 0 Å². The topological polar surface area (TPSA) is 3.24 Å². The van der Waals surface area contributed by atoms with Crippen LogP contribution in [0.1, 0.15) is 21.6 Å². The molecule has 0 unspecified atom stereocenters. The van der Waals surface area contributed by atoms with Crippen LogP contribution in [0, 0.1) is 13.8 Å². The van der Waals surface area contributed by atoms with Crippen LogP contribution in [0.15, 0.2) is 90.3 Å². The molecule has 0 N–H and O–H groups in total. The van der Waals surface area contributed by atoms with Crippen LogP contribution in [0.2, 0.25) is 0 Å². The lowest BCUT2D eigenvalue weighted by Gasteiger charge is -2.25. The molecule has 0 saturated carbocycles. The molecule has 28 heavy (non-hydrogen) atoms. The van der Waals surface area contributed by atoms with Crippen LogP contribution < -0.4 is 4.90 Å². The van der Waals surface area contributed by atoms with Crippen LogP contribution in [-0.4, -0.2) is 0 Å². The molecule has 0 spiro atoms. The van der Waals surface area contributed by atoms with Crippen molar-refractivity contribution in [1.29, 1.82) is 0 Å². The Hall–Kier alpha value is -3.10. The van der Waals surface area contributed by atoms with Gasteiger partial charge in [-0.1, -0.05) is 59.7 Å². The van der Waals surface area contributed by atoms with Crippen LogP contribution in [0.5, 0.6) is 0 Å². The first-order chi connectivity index (χ1) is 13.7. The minimum Gasteiger partial charge on any atom is -0.311 e. The first-order valence-electron chi connectivity index (χ1n) is 9.44. The summed E-state index contributed by atoms with van der Waals surface area (Å²) >= 11 is 1.75. The van der Waals surface area contributed by atoms with Crippen LogP contribution in [0.4, 0.5) is 17.1 Å². The number of thiophene rings is 1. The predicted molar refractivity (Wildman–Crippen MR) is 124 cm³/mol. The van der Waals surface area contributed by atoms with E-state index in [1.165, 1.54) is 21.6 Å². The van der Waals surface area contributed by atoms with Gasteiger partial charge in [-0.15, -0.1) is 11.3 Å². The number of benzene rings is 3. The third-order valence-corrected chi connectivity index (χ3v) is 5.56. The van der Waals surface area contributed by atoms with Crippen LogP contribution in [0.3, 0.4) is 0 Å². The van der Waals surface area contributed by atoms with Crippen LogP contribution in [0.25, 0.3) is 12.2 Å². The Balaban J connectivity index is 1.68. The molecule has 1 nitrogen and oxygen atoms in total. The maximum Gasteiger partial charge on any atom is 0.0462 e. The second-order valence-electron chi connectivity index (χ2n) is 6.95. The van der Waals surface area contributed by atoms with E-state index < -0.39 is 0 Å². The Morgan fingerprint density at radius 1 is 0.607 bits per heavy atom. The molecule has 0 aliphatic heterocycles. The van der Waals surface area contributed by atoms with Crippen molar-refractivity contribution in [1.82, 2.24) is 0 Å². The largest absolute Gasteiger partial charge is 0.311 e. The SMILES string of the molecule is Cc1ccc(N(c2ccc(C)cc2)c2ccc(C=Cc3cccs3)cc2)cc1. The van der Waals surface area contributed by atoms with E-state index in [4.69, 9.17) is 0 Å². The standard InChI is InChI=1S/C26H23NS/c1-20-5-12-23(13-6-20)27(24-14-7-21(2)8-15-24)25-16-9-22(10-17-25)11-18-26-4-3-19-28-26/h3-19H,1-2H3. The van der Waals surface area contributed by atoms with Gasteiger partial charge in [-0.3, -0.25) is 0 Å². The lowest BCUT2D eigenvalue weighted by Crippen LogP contribution is -2.09. The molecule has 0 bridgehead atoms. The molecule has 138 valence electrons. The zero-order chi connectivity index (χ0) is 19.3. The third-order valence-electron chi connectivity index (χ3n) is 4.72. The lowest BCUT2D eigenvalue weighted by atomic mass is 10.1. The average Bonchev–Trinajstić information content (AvgIpc) is 3.24. The summed E-state index contributed by atoms with van der Waals surface area (Å²) < 4.78 is 0. The highest BCUT2D eigenvalue weighted by atomic mass is 32.1. The second-order valence-corrected chi connectivity index (χ2v) is 7.93. The Bertz CT molecular complexity index is 996. The van der Waals surface area contributed by atoms with Gasteiger partial charge in [0.1, 0.15) is 0 Å². The molecule has 3 aromatic carbocycles. The van der Waals surface area contributed by atoms with Gasteiger partial charge in [0, 0.05) is 21.9 Å². The zero-order valence-electron chi connectivity index (χ0n) is 16.2. The molecule has 1 heterocycles. The Labute approximate surface area is 171 Å². The number of hydrogen-bond donors (Lipinski definition) is 0. The van der Waals surface area contributed by atoms with E-state index in [1.54, 1.807) is 11.3 Å². The van der Waals surface area contributed by atoms with E-state index in [1.807, 2.05) is 0 Å². The maximum atomic E-state index is 2.30. The fourth-order valence-corrected chi connectivity index (χ4v) is 3.75. The number of rotatable bonds is 5. The Morgan fingerprint density at radius 3 is 1.57 bits per heavy atom. The van der Waals surface area contributed by atoms with E-state index in [2.05, 4.69) is 121 Å². The van der Waals surface area contributed by atoms with Crippen molar-refractivity contribution in [2.75, 3.05) is 4.90 Å². The molecule has 0 radical (unpaired) electrons. The average molecular weight is 382 g/mol. The van der Waals surface area contributed by atoms with Gasteiger partial charge in [0.2, 0.25) is 0 Å². The molecule has 0 fully saturated rings. The minimum absolute atomic E-state index is 1.15. The summed E-state index contributed by atoms with van der Waals surface area (Å²) in [6.45, 7) is 4.24. The zero-order valence-corrected chi connectivity index (χ0v) is 17.0. The van der Waals surface area contributed by atoms with Gasteiger partial charge in [-0.05, 0) is 73.3 Å². The lowest BCUT2D eigenvalue weighted by molar-refractivity contribution is 1.27. The minimum atomic E-state index is 1.15. The predicted octanol–water partition coefficient (Wildman–Crippen LogP) is 8.01. The van der Waals surface area contributed by atoms with E-state index in [-0.39, 0.29) is 0 Å². The highest BCUT2D eigenvalue weighted by Gasteiger charge is 2.11. The summed E-state index contributed by atoms with van der Waals surface area (Å²) in [5.74, 6) is 0. The molecule has 2 heteroatoms. The molecular weight excluding hydrogens is 358 g/mol. The van der Waals surface area contributed by atoms with Crippen molar-refractivity contribution in [3.63, 3.8) is 0 Å². The summed E-state index contributed by atoms with van der Waals surface area (Å²) in [6, 6.07) is 30.3. The monoisotopic (exact) mass is 381 g/mol. The van der Waals surface area contributed by atoms with Gasteiger partial charge in [-0.25, -0.2) is 0 Å². The molecule has 0 atom stereocenters. The molecule has 4 aromatic rings. The van der Waals surface area contributed by atoms with Crippen LogP contribution in [-0.2, 0) is 0 Å². The number of aryl methyl sites for hydroxylation is 2. The van der Waals surface area contributed by atoms with E-state index >= 15 is 0 Å². The van der Waals surface area contributed by atoms with Crippen molar-refractivity contribution < 1.29 is 0 Å².